The highest BCUT2D eigenvalue weighted by molar-refractivity contribution is 6.33. The summed E-state index contributed by atoms with van der Waals surface area (Å²) in [6.07, 6.45) is 1.29. The van der Waals surface area contributed by atoms with Crippen molar-refractivity contribution >= 4 is 35.1 Å². The molecular formula is C16H19ClN2O4. The Morgan fingerprint density at radius 2 is 1.91 bits per heavy atom. The Bertz CT molecular complexity index is 624. The lowest BCUT2D eigenvalue weighted by molar-refractivity contribution is -0.148. The van der Waals surface area contributed by atoms with Crippen LogP contribution in [0.3, 0.4) is 0 Å². The molecule has 0 spiro atoms. The molecule has 0 bridgehead atoms. The molecule has 0 fully saturated rings. The minimum atomic E-state index is -0.590. The van der Waals surface area contributed by atoms with Crippen molar-refractivity contribution in [2.24, 2.45) is 0 Å². The quantitative estimate of drug-likeness (QED) is 0.637. The Hall–Kier alpha value is -2.34. The SMILES string of the molecule is CC(C)=CC(=O)OCC(=O)N(C)CC(=O)Nc1ccccc1Cl. The first kappa shape index (κ1) is 18.7. The van der Waals surface area contributed by atoms with E-state index in [9.17, 15) is 14.4 Å². The molecule has 2 amide bonds. The van der Waals surface area contributed by atoms with E-state index in [-0.39, 0.29) is 6.54 Å². The standard InChI is InChI=1S/C16H19ClN2O4/c1-11(2)8-16(22)23-10-15(21)19(3)9-14(20)18-13-7-5-4-6-12(13)17/h4-8H,9-10H2,1-3H3,(H,18,20). The lowest BCUT2D eigenvalue weighted by Gasteiger charge is -2.16. The number of hydrogen-bond acceptors (Lipinski definition) is 4. The van der Waals surface area contributed by atoms with Crippen molar-refractivity contribution in [3.8, 4) is 0 Å². The monoisotopic (exact) mass is 338 g/mol. The molecule has 0 saturated carbocycles. The van der Waals surface area contributed by atoms with Gasteiger partial charge in [-0.3, -0.25) is 9.59 Å². The molecule has 124 valence electrons. The molecule has 0 aliphatic heterocycles. The Morgan fingerprint density at radius 3 is 2.52 bits per heavy atom. The molecule has 0 saturated heterocycles. The predicted molar refractivity (Wildman–Crippen MR) is 88.1 cm³/mol. The van der Waals surface area contributed by atoms with Crippen LogP contribution in [0.25, 0.3) is 0 Å². The van der Waals surface area contributed by atoms with E-state index in [1.165, 1.54) is 18.0 Å². The number of anilines is 1. The molecule has 23 heavy (non-hydrogen) atoms. The van der Waals surface area contributed by atoms with Crippen LogP contribution in [-0.4, -0.2) is 42.9 Å². The van der Waals surface area contributed by atoms with Crippen LogP contribution in [0.5, 0.6) is 0 Å². The first-order valence-corrected chi connectivity index (χ1v) is 7.27. The van der Waals surface area contributed by atoms with Crippen molar-refractivity contribution < 1.29 is 19.1 Å². The number of allylic oxidation sites excluding steroid dienone is 1. The second kappa shape index (κ2) is 8.95. The van der Waals surface area contributed by atoms with Gasteiger partial charge in [-0.1, -0.05) is 29.3 Å². The smallest absolute Gasteiger partial charge is 0.331 e. The van der Waals surface area contributed by atoms with Gasteiger partial charge in [0.1, 0.15) is 0 Å². The van der Waals surface area contributed by atoms with Crippen LogP contribution in [0.15, 0.2) is 35.9 Å². The molecular weight excluding hydrogens is 320 g/mol. The lowest BCUT2D eigenvalue weighted by Crippen LogP contribution is -2.37. The zero-order valence-corrected chi connectivity index (χ0v) is 14.0. The summed E-state index contributed by atoms with van der Waals surface area (Å²) in [6.45, 7) is 2.89. The van der Waals surface area contributed by atoms with Crippen LogP contribution in [0, 0.1) is 0 Å². The third-order valence-corrected chi connectivity index (χ3v) is 3.03. The van der Waals surface area contributed by atoms with Crippen LogP contribution in [0.4, 0.5) is 5.69 Å². The largest absolute Gasteiger partial charge is 0.452 e. The number of hydrogen-bond donors (Lipinski definition) is 1. The second-order valence-corrected chi connectivity index (χ2v) is 5.51. The van der Waals surface area contributed by atoms with E-state index in [0.717, 1.165) is 5.57 Å². The Morgan fingerprint density at radius 1 is 1.26 bits per heavy atom. The predicted octanol–water partition coefficient (Wildman–Crippen LogP) is 2.25. The molecule has 1 rings (SSSR count). The minimum absolute atomic E-state index is 0.176. The molecule has 0 aromatic heterocycles. The van der Waals surface area contributed by atoms with Gasteiger partial charge in [-0.15, -0.1) is 0 Å². The number of para-hydroxylation sites is 1. The summed E-state index contributed by atoms with van der Waals surface area (Å²) in [5.41, 5.74) is 1.24. The Labute approximate surface area is 140 Å². The van der Waals surface area contributed by atoms with Crippen LogP contribution in [0.2, 0.25) is 5.02 Å². The highest BCUT2D eigenvalue weighted by Crippen LogP contribution is 2.20. The summed E-state index contributed by atoms with van der Waals surface area (Å²) >= 11 is 5.94. The fourth-order valence-electron chi connectivity index (χ4n) is 1.58. The molecule has 0 aliphatic carbocycles. The van der Waals surface area contributed by atoms with Gasteiger partial charge in [0.15, 0.2) is 6.61 Å². The molecule has 6 nitrogen and oxygen atoms in total. The summed E-state index contributed by atoms with van der Waals surface area (Å²) < 4.78 is 4.80. The van der Waals surface area contributed by atoms with Gasteiger partial charge in [0.2, 0.25) is 5.91 Å². The van der Waals surface area contributed by atoms with Crippen molar-refractivity contribution in [3.63, 3.8) is 0 Å². The summed E-state index contributed by atoms with van der Waals surface area (Å²) in [7, 11) is 1.45. The van der Waals surface area contributed by atoms with Gasteiger partial charge in [-0.2, -0.15) is 0 Å². The number of halogens is 1. The molecule has 0 radical (unpaired) electrons. The number of nitrogens with one attached hydrogen (secondary N) is 1. The summed E-state index contributed by atoms with van der Waals surface area (Å²) in [5, 5.41) is 3.01. The van der Waals surface area contributed by atoms with Crippen molar-refractivity contribution in [1.29, 1.82) is 0 Å². The van der Waals surface area contributed by atoms with Crippen LogP contribution >= 0.6 is 11.6 Å². The lowest BCUT2D eigenvalue weighted by atomic mass is 10.3. The first-order chi connectivity index (χ1) is 10.8. The number of carbonyl (C=O) groups excluding carboxylic acids is 3. The van der Waals surface area contributed by atoms with E-state index in [0.29, 0.717) is 10.7 Å². The number of benzene rings is 1. The van der Waals surface area contributed by atoms with Crippen molar-refractivity contribution in [3.05, 3.63) is 40.9 Å². The highest BCUT2D eigenvalue weighted by Gasteiger charge is 2.15. The van der Waals surface area contributed by atoms with Gasteiger partial charge in [0.25, 0.3) is 5.91 Å². The topological polar surface area (TPSA) is 75.7 Å². The number of amides is 2. The van der Waals surface area contributed by atoms with Gasteiger partial charge < -0.3 is 15.0 Å². The molecule has 0 atom stereocenters. The van der Waals surface area contributed by atoms with Crippen molar-refractivity contribution in [2.45, 2.75) is 13.8 Å². The van der Waals surface area contributed by atoms with Crippen molar-refractivity contribution in [2.75, 3.05) is 25.5 Å². The number of carbonyl (C=O) groups is 3. The average Bonchev–Trinajstić information content (AvgIpc) is 2.46. The van der Waals surface area contributed by atoms with E-state index in [1.807, 2.05) is 0 Å². The maximum Gasteiger partial charge on any atom is 0.331 e. The van der Waals surface area contributed by atoms with E-state index < -0.39 is 24.4 Å². The maximum atomic E-state index is 11.9. The molecule has 1 N–H and O–H groups in total. The number of rotatable bonds is 6. The van der Waals surface area contributed by atoms with Crippen LogP contribution in [-0.2, 0) is 19.1 Å². The van der Waals surface area contributed by atoms with E-state index >= 15 is 0 Å². The molecule has 1 aromatic rings. The average molecular weight is 339 g/mol. The minimum Gasteiger partial charge on any atom is -0.452 e. The highest BCUT2D eigenvalue weighted by atomic mass is 35.5. The van der Waals surface area contributed by atoms with Crippen LogP contribution in [0.1, 0.15) is 13.8 Å². The summed E-state index contributed by atoms with van der Waals surface area (Å²) in [5.74, 6) is -1.47. The van der Waals surface area contributed by atoms with Gasteiger partial charge in [0.05, 0.1) is 17.3 Å². The fourth-order valence-corrected chi connectivity index (χ4v) is 1.76. The number of ether oxygens (including phenoxy) is 1. The van der Waals surface area contributed by atoms with Gasteiger partial charge >= 0.3 is 5.97 Å². The zero-order valence-electron chi connectivity index (χ0n) is 13.3. The van der Waals surface area contributed by atoms with E-state index in [4.69, 9.17) is 16.3 Å². The molecule has 0 aliphatic rings. The number of nitrogens with zero attached hydrogens (tertiary/aromatic N) is 1. The molecule has 1 aromatic carbocycles. The van der Waals surface area contributed by atoms with E-state index in [1.54, 1.807) is 38.1 Å². The normalized spacial score (nSPS) is 9.74. The molecule has 0 unspecified atom stereocenters. The first-order valence-electron chi connectivity index (χ1n) is 6.89. The Kier molecular flexibility index (Phi) is 7.28. The second-order valence-electron chi connectivity index (χ2n) is 5.11. The summed E-state index contributed by atoms with van der Waals surface area (Å²) in [6, 6.07) is 6.78. The molecule has 7 heteroatoms. The third kappa shape index (κ3) is 6.97. The molecule has 0 heterocycles. The van der Waals surface area contributed by atoms with Gasteiger partial charge in [-0.05, 0) is 26.0 Å². The fraction of sp³-hybridized carbons (Fsp3) is 0.312. The van der Waals surface area contributed by atoms with Crippen LogP contribution < -0.4 is 5.32 Å². The third-order valence-electron chi connectivity index (χ3n) is 2.70. The maximum absolute atomic E-state index is 11.9. The van der Waals surface area contributed by atoms with Gasteiger partial charge in [0, 0.05) is 13.1 Å². The van der Waals surface area contributed by atoms with Crippen molar-refractivity contribution in [1.82, 2.24) is 4.90 Å². The number of likely N-dealkylation sites (N-methyl/N-ethyl adjacent to an activating group) is 1. The van der Waals surface area contributed by atoms with Gasteiger partial charge in [-0.25, -0.2) is 4.79 Å². The summed E-state index contributed by atoms with van der Waals surface area (Å²) in [4.78, 5) is 36.2. The van der Waals surface area contributed by atoms with E-state index in [2.05, 4.69) is 5.32 Å². The Balaban J connectivity index is 2.45. The zero-order chi connectivity index (χ0) is 17.4. The number of esters is 1.